The summed E-state index contributed by atoms with van der Waals surface area (Å²) in [5.74, 6) is 0.571. The third kappa shape index (κ3) is 5.39. The Morgan fingerprint density at radius 3 is 2.62 bits per heavy atom. The summed E-state index contributed by atoms with van der Waals surface area (Å²) in [6, 6.07) is 9.46. The molecule has 0 spiro atoms. The largest absolute Gasteiger partial charge is 0.494 e. The number of hydrogen-bond donors (Lipinski definition) is 0. The summed E-state index contributed by atoms with van der Waals surface area (Å²) in [6.07, 6.45) is 5.00. The molecule has 1 amide bonds. The van der Waals surface area contributed by atoms with Crippen LogP contribution in [-0.4, -0.2) is 43.7 Å². The second kappa shape index (κ2) is 9.74. The highest BCUT2D eigenvalue weighted by molar-refractivity contribution is 6.01. The molecule has 0 saturated carbocycles. The molecular formula is C19H24N2O3. The Labute approximate surface area is 143 Å². The van der Waals surface area contributed by atoms with Crippen LogP contribution in [0.3, 0.4) is 0 Å². The van der Waals surface area contributed by atoms with Gasteiger partial charge in [0.15, 0.2) is 0 Å². The first kappa shape index (κ1) is 18.0. The van der Waals surface area contributed by atoms with Crippen LogP contribution in [0.1, 0.15) is 31.7 Å². The Morgan fingerprint density at radius 2 is 2.00 bits per heavy atom. The molecule has 0 unspecified atom stereocenters. The Balaban J connectivity index is 1.97. The van der Waals surface area contributed by atoms with E-state index in [9.17, 15) is 10.1 Å². The number of amides is 1. The fraction of sp³-hybridized carbons (Fsp3) is 0.474. The normalized spacial score (nSPS) is 15.0. The van der Waals surface area contributed by atoms with E-state index in [1.165, 1.54) is 6.42 Å². The molecule has 1 aromatic rings. The zero-order valence-electron chi connectivity index (χ0n) is 14.2. The lowest BCUT2D eigenvalue weighted by Gasteiger charge is -2.26. The number of nitriles is 1. The third-order valence-electron chi connectivity index (χ3n) is 3.86. The van der Waals surface area contributed by atoms with Crippen LogP contribution in [0.15, 0.2) is 29.8 Å². The van der Waals surface area contributed by atoms with Crippen LogP contribution in [0.5, 0.6) is 5.75 Å². The molecule has 1 aliphatic rings. The molecule has 1 fully saturated rings. The molecule has 5 heteroatoms. The summed E-state index contributed by atoms with van der Waals surface area (Å²) in [7, 11) is 0. The van der Waals surface area contributed by atoms with Gasteiger partial charge in [0.1, 0.15) is 17.4 Å². The number of ether oxygens (including phenoxy) is 2. The van der Waals surface area contributed by atoms with Crippen molar-refractivity contribution in [3.8, 4) is 11.8 Å². The van der Waals surface area contributed by atoms with Gasteiger partial charge >= 0.3 is 0 Å². The molecule has 5 nitrogen and oxygen atoms in total. The average molecular weight is 328 g/mol. The monoisotopic (exact) mass is 328 g/mol. The maximum Gasteiger partial charge on any atom is 0.264 e. The molecule has 24 heavy (non-hydrogen) atoms. The molecule has 0 N–H and O–H groups in total. The molecule has 0 aliphatic carbocycles. The van der Waals surface area contributed by atoms with Crippen LogP contribution < -0.4 is 4.74 Å². The lowest BCUT2D eigenvalue weighted by atomic mass is 10.1. The fourth-order valence-electron chi connectivity index (χ4n) is 2.45. The molecule has 0 atom stereocenters. The summed E-state index contributed by atoms with van der Waals surface area (Å²) in [4.78, 5) is 14.0. The highest BCUT2D eigenvalue weighted by atomic mass is 16.5. The number of unbranched alkanes of at least 4 members (excludes halogenated alkanes) is 2. The lowest BCUT2D eigenvalue weighted by molar-refractivity contribution is -0.130. The summed E-state index contributed by atoms with van der Waals surface area (Å²) in [6.45, 7) is 4.97. The Hall–Kier alpha value is -2.32. The summed E-state index contributed by atoms with van der Waals surface area (Å²) in [5, 5.41) is 9.29. The van der Waals surface area contributed by atoms with Crippen molar-refractivity contribution < 1.29 is 14.3 Å². The fourth-order valence-corrected chi connectivity index (χ4v) is 2.45. The summed E-state index contributed by atoms with van der Waals surface area (Å²) in [5.41, 5.74) is 0.961. The zero-order valence-corrected chi connectivity index (χ0v) is 14.2. The predicted octanol–water partition coefficient (Wildman–Crippen LogP) is 3.02. The number of nitrogens with zero attached hydrogens (tertiary/aromatic N) is 2. The molecule has 0 radical (unpaired) electrons. The van der Waals surface area contributed by atoms with Crippen molar-refractivity contribution in [2.45, 2.75) is 26.2 Å². The van der Waals surface area contributed by atoms with Gasteiger partial charge < -0.3 is 14.4 Å². The maximum atomic E-state index is 12.4. The maximum absolute atomic E-state index is 12.4. The minimum Gasteiger partial charge on any atom is -0.494 e. The van der Waals surface area contributed by atoms with Crippen LogP contribution in [0.4, 0.5) is 0 Å². The number of rotatable bonds is 7. The molecule has 1 heterocycles. The van der Waals surface area contributed by atoms with Gasteiger partial charge in [-0.2, -0.15) is 5.26 Å². The van der Waals surface area contributed by atoms with E-state index >= 15 is 0 Å². The number of carbonyl (C=O) groups excluding carboxylic acids is 1. The van der Waals surface area contributed by atoms with Gasteiger partial charge in [0.2, 0.25) is 0 Å². The van der Waals surface area contributed by atoms with Crippen molar-refractivity contribution in [3.63, 3.8) is 0 Å². The Kier molecular flexibility index (Phi) is 7.31. The highest BCUT2D eigenvalue weighted by Gasteiger charge is 2.20. The van der Waals surface area contributed by atoms with Crippen LogP contribution in [-0.2, 0) is 9.53 Å². The molecule has 128 valence electrons. The number of benzene rings is 1. The van der Waals surface area contributed by atoms with E-state index in [2.05, 4.69) is 6.92 Å². The van der Waals surface area contributed by atoms with Crippen molar-refractivity contribution in [2.24, 2.45) is 0 Å². The van der Waals surface area contributed by atoms with Crippen LogP contribution in [0.2, 0.25) is 0 Å². The van der Waals surface area contributed by atoms with Gasteiger partial charge in [0.05, 0.1) is 19.8 Å². The summed E-state index contributed by atoms with van der Waals surface area (Å²) < 4.78 is 10.9. The van der Waals surface area contributed by atoms with E-state index in [0.717, 1.165) is 24.2 Å². The molecule has 0 bridgehead atoms. The van der Waals surface area contributed by atoms with Crippen molar-refractivity contribution >= 4 is 12.0 Å². The van der Waals surface area contributed by atoms with E-state index < -0.39 is 0 Å². The van der Waals surface area contributed by atoms with Gasteiger partial charge in [0, 0.05) is 13.1 Å². The first-order chi connectivity index (χ1) is 11.7. The standard InChI is InChI=1S/C19H24N2O3/c1-2-3-4-11-24-18-7-5-16(6-8-18)14-17(15-20)19(22)21-9-12-23-13-10-21/h5-8,14H,2-4,9-13H2,1H3. The minimum atomic E-state index is -0.235. The quantitative estimate of drug-likeness (QED) is 0.438. The summed E-state index contributed by atoms with van der Waals surface area (Å²) >= 11 is 0. The average Bonchev–Trinajstić information content (AvgIpc) is 2.64. The van der Waals surface area contributed by atoms with Crippen LogP contribution in [0.25, 0.3) is 6.08 Å². The molecule has 1 saturated heterocycles. The zero-order chi connectivity index (χ0) is 17.2. The first-order valence-corrected chi connectivity index (χ1v) is 8.46. The van der Waals surface area contributed by atoms with E-state index in [0.29, 0.717) is 32.9 Å². The third-order valence-corrected chi connectivity index (χ3v) is 3.86. The topological polar surface area (TPSA) is 62.6 Å². The van der Waals surface area contributed by atoms with Gasteiger partial charge in [-0.3, -0.25) is 4.79 Å². The van der Waals surface area contributed by atoms with Crippen molar-refractivity contribution in [1.82, 2.24) is 4.90 Å². The van der Waals surface area contributed by atoms with Gasteiger partial charge in [-0.15, -0.1) is 0 Å². The Bertz CT molecular complexity index is 596. The van der Waals surface area contributed by atoms with E-state index in [4.69, 9.17) is 9.47 Å². The SMILES string of the molecule is CCCCCOc1ccc(C=C(C#N)C(=O)N2CCOCC2)cc1. The molecule has 1 aliphatic heterocycles. The number of hydrogen-bond acceptors (Lipinski definition) is 4. The number of morpholine rings is 1. The van der Waals surface area contributed by atoms with Gasteiger partial charge in [-0.05, 0) is 30.2 Å². The molecule has 1 aromatic carbocycles. The van der Waals surface area contributed by atoms with E-state index in [-0.39, 0.29) is 11.5 Å². The second-order valence-corrected chi connectivity index (χ2v) is 5.70. The highest BCUT2D eigenvalue weighted by Crippen LogP contribution is 2.16. The predicted molar refractivity (Wildman–Crippen MR) is 92.5 cm³/mol. The molecular weight excluding hydrogens is 304 g/mol. The van der Waals surface area contributed by atoms with Gasteiger partial charge in [-0.25, -0.2) is 0 Å². The second-order valence-electron chi connectivity index (χ2n) is 5.70. The first-order valence-electron chi connectivity index (χ1n) is 8.46. The van der Waals surface area contributed by atoms with E-state index in [1.54, 1.807) is 11.0 Å². The van der Waals surface area contributed by atoms with Crippen molar-refractivity contribution in [1.29, 1.82) is 5.26 Å². The Morgan fingerprint density at radius 1 is 1.29 bits per heavy atom. The van der Waals surface area contributed by atoms with E-state index in [1.807, 2.05) is 30.3 Å². The van der Waals surface area contributed by atoms with Gasteiger partial charge in [0.25, 0.3) is 5.91 Å². The number of carbonyl (C=O) groups is 1. The smallest absolute Gasteiger partial charge is 0.264 e. The molecule has 0 aromatic heterocycles. The van der Waals surface area contributed by atoms with Crippen molar-refractivity contribution in [2.75, 3.05) is 32.9 Å². The lowest BCUT2D eigenvalue weighted by Crippen LogP contribution is -2.41. The minimum absolute atomic E-state index is 0.147. The molecule has 2 rings (SSSR count). The van der Waals surface area contributed by atoms with Gasteiger partial charge in [-0.1, -0.05) is 31.9 Å². The van der Waals surface area contributed by atoms with Crippen molar-refractivity contribution in [3.05, 3.63) is 35.4 Å². The van der Waals surface area contributed by atoms with Crippen LogP contribution >= 0.6 is 0 Å². The van der Waals surface area contributed by atoms with Crippen LogP contribution in [0, 0.1) is 11.3 Å².